The van der Waals surface area contributed by atoms with Crippen LogP contribution in [-0.2, 0) is 0 Å². The van der Waals surface area contributed by atoms with Gasteiger partial charge in [0.2, 0.25) is 0 Å². The van der Waals surface area contributed by atoms with E-state index < -0.39 is 13.2 Å². The molecule has 4 rings (SSSR count). The molecule has 0 saturated carbocycles. The van der Waals surface area contributed by atoms with Crippen LogP contribution in [-0.4, -0.2) is 17.2 Å². The zero-order valence-corrected chi connectivity index (χ0v) is 12.2. The first-order valence-electron chi connectivity index (χ1n) is 9.19. The van der Waals surface area contributed by atoms with E-state index in [1.165, 1.54) is 11.3 Å². The first-order valence-corrected chi connectivity index (χ1v) is 7.51. The molecule has 0 radical (unpaired) electrons. The summed E-state index contributed by atoms with van der Waals surface area (Å²) in [5.74, 6) is 0. The molecule has 4 aromatic rings. The molecule has 0 aliphatic rings. The summed E-state index contributed by atoms with van der Waals surface area (Å²) in [6.07, 6.45) is 0. The summed E-state index contributed by atoms with van der Waals surface area (Å²) in [5.41, 5.74) is 1.12. The van der Waals surface area contributed by atoms with Crippen LogP contribution in [0.3, 0.4) is 0 Å². The van der Waals surface area contributed by atoms with Crippen molar-refractivity contribution < 1.29 is 16.9 Å². The monoisotopic (exact) mass is 309 g/mol. The van der Waals surface area contributed by atoms with E-state index in [0.717, 1.165) is 20.2 Å². The first-order chi connectivity index (χ1) is 12.8. The Morgan fingerprint density at radius 1 is 0.818 bits per heavy atom. The number of rotatable bonds is 2. The largest absolute Gasteiger partial charge is 0.488 e. The smallest absolute Gasteiger partial charge is 0.423 e. The van der Waals surface area contributed by atoms with Gasteiger partial charge in [-0.3, -0.25) is 0 Å². The van der Waals surface area contributed by atoms with Crippen LogP contribution in [0.1, 0.15) is 6.85 Å². The van der Waals surface area contributed by atoms with Gasteiger partial charge in [0, 0.05) is 14.8 Å². The molecule has 22 heavy (non-hydrogen) atoms. The third-order valence-electron chi connectivity index (χ3n) is 3.58. The summed E-state index contributed by atoms with van der Waals surface area (Å²) >= 11 is 1.50. The van der Waals surface area contributed by atoms with Crippen molar-refractivity contribution in [2.24, 2.45) is 0 Å². The Kier molecular flexibility index (Phi) is 2.17. The molecule has 0 aliphatic carbocycles. The van der Waals surface area contributed by atoms with Crippen LogP contribution in [0.15, 0.2) is 66.6 Å². The topological polar surface area (TPSA) is 40.5 Å². The van der Waals surface area contributed by atoms with E-state index in [2.05, 4.69) is 0 Å². The van der Waals surface area contributed by atoms with Gasteiger partial charge in [-0.2, -0.15) is 0 Å². The van der Waals surface area contributed by atoms with Gasteiger partial charge in [-0.1, -0.05) is 54.5 Å². The fourth-order valence-corrected chi connectivity index (χ4v) is 3.63. The predicted molar refractivity (Wildman–Crippen MR) is 94.6 cm³/mol. The molecule has 4 heteroatoms. The lowest BCUT2D eigenvalue weighted by Crippen LogP contribution is -2.29. The quantitative estimate of drug-likeness (QED) is 0.557. The molecule has 0 fully saturated rings. The number of hydrogen-bond donors (Lipinski definition) is 2. The Labute approximate surface area is 139 Å². The van der Waals surface area contributed by atoms with E-state index >= 15 is 0 Å². The van der Waals surface area contributed by atoms with Gasteiger partial charge >= 0.3 is 7.12 Å². The Bertz CT molecular complexity index is 1190. The lowest BCUT2D eigenvalue weighted by Gasteiger charge is -2.02. The van der Waals surface area contributed by atoms with Crippen LogP contribution in [0, 0.1) is 0 Å². The molecule has 2 N–H and O–H groups in total. The molecule has 0 aliphatic heterocycles. The molecule has 0 unspecified atom stereocenters. The van der Waals surface area contributed by atoms with Gasteiger partial charge in [0.05, 0.1) is 6.85 Å². The highest BCUT2D eigenvalue weighted by molar-refractivity contribution is 7.25. The third-order valence-corrected chi connectivity index (χ3v) is 4.72. The normalized spacial score (nSPS) is 14.4. The summed E-state index contributed by atoms with van der Waals surface area (Å²) in [7, 11) is -1.55. The second kappa shape index (κ2) is 5.25. The average Bonchev–Trinajstić information content (AvgIpc) is 3.02. The number of benzene rings is 3. The Morgan fingerprint density at radius 3 is 2.41 bits per heavy atom. The van der Waals surface area contributed by atoms with E-state index in [1.807, 2.05) is 18.2 Å². The minimum Gasteiger partial charge on any atom is -0.423 e. The lowest BCUT2D eigenvalue weighted by molar-refractivity contribution is 0.426. The Hall–Kier alpha value is -2.14. The fraction of sp³-hybridized carbons (Fsp3) is 0. The van der Waals surface area contributed by atoms with Crippen molar-refractivity contribution in [1.29, 1.82) is 0 Å². The molecular formula is C18H13BO2S. The summed E-state index contributed by atoms with van der Waals surface area (Å²) in [5, 5.41) is 20.6. The Morgan fingerprint density at radius 2 is 1.64 bits per heavy atom. The van der Waals surface area contributed by atoms with Crippen LogP contribution in [0.25, 0.3) is 31.3 Å². The van der Waals surface area contributed by atoms with E-state index in [-0.39, 0.29) is 29.7 Å². The van der Waals surface area contributed by atoms with Crippen LogP contribution in [0.2, 0.25) is 0 Å². The van der Waals surface area contributed by atoms with Crippen molar-refractivity contribution in [3.63, 3.8) is 0 Å². The molecule has 1 aromatic heterocycles. The van der Waals surface area contributed by atoms with Crippen molar-refractivity contribution in [2.45, 2.75) is 0 Å². The molecule has 0 amide bonds. The van der Waals surface area contributed by atoms with Gasteiger partial charge in [-0.05, 0) is 34.1 Å². The number of hydrogen-bond acceptors (Lipinski definition) is 3. The molecule has 106 valence electrons. The SMILES string of the molecule is [2H]c1c([2H])c([2H])c(-c2ccc3c(c2)sc2ccc(B(O)O)cc23)c([2H])c1[2H]. The Balaban J connectivity index is 1.97. The first kappa shape index (κ1) is 9.11. The minimum absolute atomic E-state index is 0.173. The van der Waals surface area contributed by atoms with Crippen LogP contribution in [0.5, 0.6) is 0 Å². The van der Waals surface area contributed by atoms with Crippen LogP contribution in [0.4, 0.5) is 0 Å². The van der Waals surface area contributed by atoms with Crippen LogP contribution < -0.4 is 5.46 Å². The average molecular weight is 309 g/mol. The van der Waals surface area contributed by atoms with Crippen LogP contribution >= 0.6 is 11.3 Å². The highest BCUT2D eigenvalue weighted by Crippen LogP contribution is 2.35. The van der Waals surface area contributed by atoms with Gasteiger partial charge in [0.1, 0.15) is 0 Å². The molecule has 3 aromatic carbocycles. The summed E-state index contributed by atoms with van der Waals surface area (Å²) in [6, 6.07) is 8.98. The standard InChI is InChI=1S/C18H13BO2S/c20-19(21)14-7-9-17-16(11-14)15-8-6-13(10-18(15)22-17)12-4-2-1-3-5-12/h1-11,20-21H/i1D,2D,3D,4D,5D. The highest BCUT2D eigenvalue weighted by atomic mass is 32.1. The fourth-order valence-electron chi connectivity index (χ4n) is 2.51. The number of fused-ring (bicyclic) bond motifs is 3. The van der Waals surface area contributed by atoms with Gasteiger partial charge in [0.25, 0.3) is 0 Å². The van der Waals surface area contributed by atoms with Crippen molar-refractivity contribution in [1.82, 2.24) is 0 Å². The molecule has 0 bridgehead atoms. The molecule has 1 heterocycles. The maximum atomic E-state index is 9.39. The maximum absolute atomic E-state index is 9.39. The second-order valence-electron chi connectivity index (χ2n) is 4.94. The van der Waals surface area contributed by atoms with Gasteiger partial charge < -0.3 is 10.0 Å². The third kappa shape index (κ3) is 2.22. The highest BCUT2D eigenvalue weighted by Gasteiger charge is 2.13. The van der Waals surface area contributed by atoms with E-state index in [9.17, 15) is 10.0 Å². The second-order valence-corrected chi connectivity index (χ2v) is 6.03. The van der Waals surface area contributed by atoms with Crippen molar-refractivity contribution >= 4 is 44.1 Å². The lowest BCUT2D eigenvalue weighted by atomic mass is 9.80. The predicted octanol–water partition coefficient (Wildman–Crippen LogP) is 3.40. The zero-order valence-electron chi connectivity index (χ0n) is 16.3. The van der Waals surface area contributed by atoms with E-state index in [1.54, 1.807) is 18.2 Å². The summed E-state index contributed by atoms with van der Waals surface area (Å²) in [4.78, 5) is 0. The van der Waals surface area contributed by atoms with Crippen molar-refractivity contribution in [3.05, 3.63) is 66.6 Å². The number of thiophene rings is 1. The maximum Gasteiger partial charge on any atom is 0.488 e. The summed E-state index contributed by atoms with van der Waals surface area (Å²) < 4.78 is 41.5. The minimum atomic E-state index is -1.55. The molecular weight excluding hydrogens is 291 g/mol. The molecule has 0 saturated heterocycles. The van der Waals surface area contributed by atoms with Gasteiger partial charge in [-0.15, -0.1) is 11.3 Å². The molecule has 2 nitrogen and oxygen atoms in total. The van der Waals surface area contributed by atoms with Gasteiger partial charge in [0.15, 0.2) is 0 Å². The summed E-state index contributed by atoms with van der Waals surface area (Å²) in [6.45, 7) is 0. The molecule has 0 spiro atoms. The van der Waals surface area contributed by atoms with E-state index in [4.69, 9.17) is 6.85 Å². The molecule has 0 atom stereocenters. The van der Waals surface area contributed by atoms with Crippen molar-refractivity contribution in [2.75, 3.05) is 0 Å². The zero-order chi connectivity index (χ0) is 19.5. The van der Waals surface area contributed by atoms with Gasteiger partial charge in [-0.25, -0.2) is 0 Å². The van der Waals surface area contributed by atoms with E-state index in [0.29, 0.717) is 11.0 Å². The van der Waals surface area contributed by atoms with Crippen molar-refractivity contribution in [3.8, 4) is 11.1 Å².